The number of thioether (sulfide) groups is 1. The minimum absolute atomic E-state index is 0.154. The van der Waals surface area contributed by atoms with Crippen molar-refractivity contribution in [1.29, 1.82) is 0 Å². The third-order valence-corrected chi connectivity index (χ3v) is 7.42. The van der Waals surface area contributed by atoms with Gasteiger partial charge in [-0.15, -0.1) is 0 Å². The maximum atomic E-state index is 5.88. The van der Waals surface area contributed by atoms with Crippen molar-refractivity contribution in [3.05, 3.63) is 83.9 Å². The van der Waals surface area contributed by atoms with Crippen molar-refractivity contribution in [1.82, 2.24) is 0 Å². The molecule has 3 rings (SSSR count). The van der Waals surface area contributed by atoms with Crippen LogP contribution in [0.25, 0.3) is 0 Å². The van der Waals surface area contributed by atoms with Gasteiger partial charge in [-0.25, -0.2) is 0 Å². The summed E-state index contributed by atoms with van der Waals surface area (Å²) in [5, 5.41) is 6.80. The first-order valence-corrected chi connectivity index (χ1v) is 15.1. The van der Waals surface area contributed by atoms with Crippen LogP contribution < -0.4 is 25.8 Å². The van der Waals surface area contributed by atoms with Gasteiger partial charge in [0.1, 0.15) is 11.5 Å². The van der Waals surface area contributed by atoms with E-state index < -0.39 is 0 Å². The molecule has 0 aliphatic rings. The minimum atomic E-state index is 0.154. The molecule has 3 aromatic rings. The average Bonchev–Trinajstić information content (AvgIpc) is 2.86. The van der Waals surface area contributed by atoms with E-state index in [9.17, 15) is 0 Å². The summed E-state index contributed by atoms with van der Waals surface area (Å²) in [6, 6.07) is 24.0. The molecule has 0 bridgehead atoms. The van der Waals surface area contributed by atoms with E-state index in [0.29, 0.717) is 18.3 Å². The van der Waals surface area contributed by atoms with Gasteiger partial charge in [0.2, 0.25) is 0 Å². The first kappa shape index (κ1) is 29.3. The topological polar surface area (TPSA) is 68.5 Å². The van der Waals surface area contributed by atoms with Crippen LogP contribution in [-0.2, 0) is 5.75 Å². The zero-order valence-corrected chi connectivity index (χ0v) is 25.0. The number of ether oxygens (including phenoxy) is 2. The Kier molecular flexibility index (Phi) is 14.0. The van der Waals surface area contributed by atoms with Gasteiger partial charge in [-0.3, -0.25) is 0 Å². The molecular formula is C27H34N3O2S2Sn. The number of hydrogen-bond donors (Lipinski definition) is 3. The van der Waals surface area contributed by atoms with Crippen molar-refractivity contribution >= 4 is 63.0 Å². The minimum Gasteiger partial charge on any atom is -0.494 e. The predicted octanol–water partition coefficient (Wildman–Crippen LogP) is 6.36. The van der Waals surface area contributed by atoms with Gasteiger partial charge >= 0.3 is 97.9 Å². The molecule has 1 atom stereocenters. The Morgan fingerprint density at radius 2 is 1.37 bits per heavy atom. The predicted molar refractivity (Wildman–Crippen MR) is 156 cm³/mol. The third-order valence-electron chi connectivity index (χ3n) is 4.75. The smallest absolute Gasteiger partial charge is 0.175 e. The SMILES string of the molecule is CC(N)c1ccccc1CS[CH2][Sn].CCOc1ccc(NC(=S)Nc2ccc(OCC)cc2)cc1. The van der Waals surface area contributed by atoms with Gasteiger partial charge in [0.25, 0.3) is 0 Å². The van der Waals surface area contributed by atoms with Crippen LogP contribution in [0.2, 0.25) is 0 Å². The molecule has 0 heterocycles. The number of thiocarbonyl (C=S) groups is 1. The second-order valence-corrected chi connectivity index (χ2v) is 11.3. The van der Waals surface area contributed by atoms with Crippen molar-refractivity contribution in [2.75, 3.05) is 27.6 Å². The number of nitrogens with one attached hydrogen (secondary N) is 2. The Morgan fingerprint density at radius 1 is 0.886 bits per heavy atom. The van der Waals surface area contributed by atoms with Crippen LogP contribution in [-0.4, -0.2) is 44.6 Å². The van der Waals surface area contributed by atoms with Crippen molar-refractivity contribution < 1.29 is 9.47 Å². The Morgan fingerprint density at radius 3 is 1.80 bits per heavy atom. The largest absolute Gasteiger partial charge is 0.494 e. The summed E-state index contributed by atoms with van der Waals surface area (Å²) in [6.45, 7) is 7.28. The molecular weight excluding hydrogens is 581 g/mol. The fourth-order valence-electron chi connectivity index (χ4n) is 3.17. The zero-order valence-electron chi connectivity index (χ0n) is 20.5. The van der Waals surface area contributed by atoms with Crippen LogP contribution in [0.4, 0.5) is 11.4 Å². The van der Waals surface area contributed by atoms with Crippen LogP contribution in [0.3, 0.4) is 0 Å². The van der Waals surface area contributed by atoms with E-state index in [1.54, 1.807) is 22.5 Å². The van der Waals surface area contributed by atoms with Gasteiger partial charge in [0.05, 0.1) is 13.2 Å². The molecule has 0 aromatic heterocycles. The Bertz CT molecular complexity index is 962. The molecule has 185 valence electrons. The molecule has 0 saturated carbocycles. The molecule has 1 unspecified atom stereocenters. The van der Waals surface area contributed by atoms with Gasteiger partial charge < -0.3 is 20.1 Å². The molecule has 0 spiro atoms. The van der Waals surface area contributed by atoms with Crippen molar-refractivity contribution in [3.8, 4) is 11.5 Å². The summed E-state index contributed by atoms with van der Waals surface area (Å²) in [4.78, 5) is 0. The zero-order chi connectivity index (χ0) is 25.5. The molecule has 4 N–H and O–H groups in total. The van der Waals surface area contributed by atoms with Crippen molar-refractivity contribution in [2.45, 2.75) is 32.6 Å². The molecule has 0 fully saturated rings. The van der Waals surface area contributed by atoms with Gasteiger partial charge in [0.15, 0.2) is 5.11 Å². The second-order valence-electron chi connectivity index (χ2n) is 7.47. The number of benzene rings is 3. The summed E-state index contributed by atoms with van der Waals surface area (Å²) in [5.74, 6) is 2.79. The van der Waals surface area contributed by atoms with E-state index in [-0.39, 0.29) is 6.04 Å². The monoisotopic (exact) mass is 616 g/mol. The van der Waals surface area contributed by atoms with E-state index >= 15 is 0 Å². The number of nitrogens with two attached hydrogens (primary N) is 1. The van der Waals surface area contributed by atoms with E-state index in [1.807, 2.05) is 81.1 Å². The number of hydrogen-bond acceptors (Lipinski definition) is 5. The van der Waals surface area contributed by atoms with Crippen LogP contribution in [0.1, 0.15) is 37.9 Å². The molecule has 3 aromatic carbocycles. The third kappa shape index (κ3) is 11.1. The molecule has 35 heavy (non-hydrogen) atoms. The Labute approximate surface area is 232 Å². The first-order valence-electron chi connectivity index (χ1n) is 11.6. The summed E-state index contributed by atoms with van der Waals surface area (Å²) in [6.07, 6.45) is 0. The van der Waals surface area contributed by atoms with Crippen molar-refractivity contribution in [2.24, 2.45) is 5.73 Å². The Balaban J connectivity index is 0.000000283. The van der Waals surface area contributed by atoms with Crippen molar-refractivity contribution in [3.63, 3.8) is 0 Å². The fraction of sp³-hybridized carbons (Fsp3) is 0.296. The second kappa shape index (κ2) is 16.7. The molecule has 0 amide bonds. The summed E-state index contributed by atoms with van der Waals surface area (Å²) < 4.78 is 12.1. The quantitative estimate of drug-likeness (QED) is 0.181. The van der Waals surface area contributed by atoms with Gasteiger partial charge in [-0.05, 0) is 74.6 Å². The van der Waals surface area contributed by atoms with E-state index in [1.165, 1.54) is 14.9 Å². The van der Waals surface area contributed by atoms with Crippen LogP contribution in [0.5, 0.6) is 11.5 Å². The van der Waals surface area contributed by atoms with Gasteiger partial charge in [-0.1, -0.05) is 0 Å². The number of rotatable bonds is 10. The molecule has 0 saturated heterocycles. The Hall–Kier alpha value is -1.94. The molecule has 0 aliphatic carbocycles. The van der Waals surface area contributed by atoms with Gasteiger partial charge in [0, 0.05) is 11.4 Å². The summed E-state index contributed by atoms with van der Waals surface area (Å²) in [5.41, 5.74) is 10.4. The molecule has 8 heteroatoms. The van der Waals surface area contributed by atoms with Crippen LogP contribution >= 0.6 is 24.0 Å². The number of anilines is 2. The molecule has 0 aliphatic heterocycles. The van der Waals surface area contributed by atoms with E-state index in [2.05, 4.69) is 34.9 Å². The fourth-order valence-corrected chi connectivity index (χ4v) is 4.86. The maximum Gasteiger partial charge on any atom is 0.175 e. The van der Waals surface area contributed by atoms with Gasteiger partial charge in [-0.2, -0.15) is 0 Å². The molecule has 5 nitrogen and oxygen atoms in total. The average molecular weight is 615 g/mol. The normalized spacial score (nSPS) is 11.0. The first-order chi connectivity index (χ1) is 17.0. The van der Waals surface area contributed by atoms with E-state index in [4.69, 9.17) is 27.4 Å². The summed E-state index contributed by atoms with van der Waals surface area (Å²) >= 11 is 8.87. The summed E-state index contributed by atoms with van der Waals surface area (Å²) in [7, 11) is 0. The van der Waals surface area contributed by atoms with E-state index in [0.717, 1.165) is 28.6 Å². The van der Waals surface area contributed by atoms with Crippen LogP contribution in [0.15, 0.2) is 72.8 Å². The maximum absolute atomic E-state index is 5.88. The molecule has 3 radical (unpaired) electrons. The standard InChI is InChI=1S/C17H20N2O2S.C10H14NS.Sn/c1-3-20-15-9-5-13(6-10-15)18-17(22)19-14-7-11-16(12-8-14)21-4-2;1-8(11)10-6-4-3-5-9(10)7-12-2;/h5-12H,3-4H2,1-2H3,(H2,18,19,22);3-6,8H,2,7,11H2,1H3;. The van der Waals surface area contributed by atoms with Crippen LogP contribution in [0, 0.1) is 0 Å².